The van der Waals surface area contributed by atoms with Crippen LogP contribution in [0.15, 0.2) is 24.3 Å². The summed E-state index contributed by atoms with van der Waals surface area (Å²) in [5, 5.41) is 5.53. The molecule has 1 atom stereocenters. The summed E-state index contributed by atoms with van der Waals surface area (Å²) in [7, 11) is 0. The van der Waals surface area contributed by atoms with Gasteiger partial charge in [0.25, 0.3) is 0 Å². The molecule has 1 aromatic rings. The molecular weight excluding hydrogens is 278 g/mol. The number of carbonyl (C=O) groups excluding carboxylic acids is 2. The molecule has 4 N–H and O–H groups in total. The monoisotopic (exact) mass is 299 g/mol. The Bertz CT molecular complexity index is 444. The fourth-order valence-corrected chi connectivity index (χ4v) is 1.43. The van der Waals surface area contributed by atoms with Gasteiger partial charge in [0.1, 0.15) is 0 Å². The standard InChI is InChI=1S/C14H21N3O2.ClH/c1-9(2)14(19)17-12-6-4-11(5-7-12)16-13(18)8-10(3)15;/h4-7,9-10H,8,15H2,1-3H3,(H,16,18)(H,17,19);1H. The van der Waals surface area contributed by atoms with Gasteiger partial charge in [0.15, 0.2) is 0 Å². The summed E-state index contributed by atoms with van der Waals surface area (Å²) < 4.78 is 0. The zero-order chi connectivity index (χ0) is 14.4. The fraction of sp³-hybridized carbons (Fsp3) is 0.429. The Morgan fingerprint density at radius 3 is 1.90 bits per heavy atom. The number of halogens is 1. The van der Waals surface area contributed by atoms with E-state index < -0.39 is 0 Å². The number of nitrogens with two attached hydrogens (primary N) is 1. The van der Waals surface area contributed by atoms with E-state index in [9.17, 15) is 9.59 Å². The number of hydrogen-bond donors (Lipinski definition) is 3. The van der Waals surface area contributed by atoms with Gasteiger partial charge in [-0.1, -0.05) is 13.8 Å². The largest absolute Gasteiger partial charge is 0.327 e. The molecule has 6 heteroatoms. The number of rotatable bonds is 5. The van der Waals surface area contributed by atoms with Crippen molar-refractivity contribution in [3.8, 4) is 0 Å². The van der Waals surface area contributed by atoms with Gasteiger partial charge in [-0.15, -0.1) is 12.4 Å². The van der Waals surface area contributed by atoms with E-state index >= 15 is 0 Å². The molecule has 0 aliphatic rings. The predicted molar refractivity (Wildman–Crippen MR) is 84.1 cm³/mol. The van der Waals surface area contributed by atoms with Crippen molar-refractivity contribution < 1.29 is 9.59 Å². The van der Waals surface area contributed by atoms with Gasteiger partial charge in [-0.05, 0) is 31.2 Å². The van der Waals surface area contributed by atoms with Crippen molar-refractivity contribution in [2.24, 2.45) is 11.7 Å². The number of benzene rings is 1. The molecule has 5 nitrogen and oxygen atoms in total. The second-order valence-corrected chi connectivity index (χ2v) is 4.95. The minimum atomic E-state index is -0.162. The second kappa shape index (κ2) is 8.55. The van der Waals surface area contributed by atoms with Crippen molar-refractivity contribution in [1.82, 2.24) is 0 Å². The van der Waals surface area contributed by atoms with E-state index in [4.69, 9.17) is 5.73 Å². The maximum atomic E-state index is 11.5. The molecule has 0 saturated heterocycles. The van der Waals surface area contributed by atoms with Crippen LogP contribution in [0.4, 0.5) is 11.4 Å². The van der Waals surface area contributed by atoms with Gasteiger partial charge in [0.05, 0.1) is 0 Å². The Kier molecular flexibility index (Phi) is 7.87. The predicted octanol–water partition coefficient (Wildman–Crippen LogP) is 2.38. The molecule has 0 heterocycles. The van der Waals surface area contributed by atoms with E-state index in [2.05, 4.69) is 10.6 Å². The Labute approximate surface area is 125 Å². The molecule has 1 aromatic carbocycles. The van der Waals surface area contributed by atoms with Gasteiger partial charge in [-0.2, -0.15) is 0 Å². The van der Waals surface area contributed by atoms with Crippen molar-refractivity contribution in [2.45, 2.75) is 33.2 Å². The highest BCUT2D eigenvalue weighted by Gasteiger charge is 2.08. The summed E-state index contributed by atoms with van der Waals surface area (Å²) in [6.07, 6.45) is 0.284. The van der Waals surface area contributed by atoms with Crippen LogP contribution < -0.4 is 16.4 Å². The van der Waals surface area contributed by atoms with Gasteiger partial charge in [-0.3, -0.25) is 9.59 Å². The maximum absolute atomic E-state index is 11.5. The average Bonchev–Trinajstić information content (AvgIpc) is 2.30. The lowest BCUT2D eigenvalue weighted by atomic mass is 10.2. The van der Waals surface area contributed by atoms with Gasteiger partial charge in [0, 0.05) is 29.8 Å². The first kappa shape index (κ1) is 18.4. The van der Waals surface area contributed by atoms with E-state index in [1.807, 2.05) is 13.8 Å². The third-order valence-corrected chi connectivity index (χ3v) is 2.47. The summed E-state index contributed by atoms with van der Waals surface area (Å²) in [4.78, 5) is 23.0. The molecule has 0 aliphatic heterocycles. The van der Waals surface area contributed by atoms with Crippen molar-refractivity contribution >= 4 is 35.6 Å². The van der Waals surface area contributed by atoms with Crippen LogP contribution in [-0.4, -0.2) is 17.9 Å². The maximum Gasteiger partial charge on any atom is 0.226 e. The highest BCUT2D eigenvalue weighted by atomic mass is 35.5. The summed E-state index contributed by atoms with van der Waals surface area (Å²) in [6, 6.07) is 6.83. The first-order valence-corrected chi connectivity index (χ1v) is 6.35. The van der Waals surface area contributed by atoms with E-state index in [-0.39, 0.29) is 42.6 Å². The zero-order valence-electron chi connectivity index (χ0n) is 12.0. The van der Waals surface area contributed by atoms with Crippen LogP contribution in [0.5, 0.6) is 0 Å². The Morgan fingerprint density at radius 1 is 1.05 bits per heavy atom. The summed E-state index contributed by atoms with van der Waals surface area (Å²) in [6.45, 7) is 5.44. The number of anilines is 2. The number of nitrogens with one attached hydrogen (secondary N) is 2. The highest BCUT2D eigenvalue weighted by Crippen LogP contribution is 2.14. The van der Waals surface area contributed by atoms with Crippen molar-refractivity contribution in [3.63, 3.8) is 0 Å². The third kappa shape index (κ3) is 6.54. The molecular formula is C14H22ClN3O2. The first-order chi connectivity index (χ1) is 8.88. The van der Waals surface area contributed by atoms with Crippen LogP contribution in [-0.2, 0) is 9.59 Å². The van der Waals surface area contributed by atoms with Gasteiger partial charge in [-0.25, -0.2) is 0 Å². The molecule has 20 heavy (non-hydrogen) atoms. The minimum absolute atomic E-state index is 0. The van der Waals surface area contributed by atoms with Crippen LogP contribution in [0.3, 0.4) is 0 Å². The third-order valence-electron chi connectivity index (χ3n) is 2.47. The van der Waals surface area contributed by atoms with Gasteiger partial charge < -0.3 is 16.4 Å². The molecule has 0 saturated carbocycles. The molecule has 1 unspecified atom stereocenters. The first-order valence-electron chi connectivity index (χ1n) is 6.35. The van der Waals surface area contributed by atoms with Crippen LogP contribution in [0.1, 0.15) is 27.2 Å². The Balaban J connectivity index is 0.00000361. The molecule has 0 aliphatic carbocycles. The second-order valence-electron chi connectivity index (χ2n) is 4.95. The Morgan fingerprint density at radius 2 is 1.50 bits per heavy atom. The molecule has 112 valence electrons. The average molecular weight is 300 g/mol. The van der Waals surface area contributed by atoms with Crippen molar-refractivity contribution in [2.75, 3.05) is 10.6 Å². The topological polar surface area (TPSA) is 84.2 Å². The van der Waals surface area contributed by atoms with E-state index in [1.165, 1.54) is 0 Å². The molecule has 1 rings (SSSR count). The van der Waals surface area contributed by atoms with Gasteiger partial charge in [0.2, 0.25) is 11.8 Å². The smallest absolute Gasteiger partial charge is 0.226 e. The molecule has 0 bridgehead atoms. The quantitative estimate of drug-likeness (QED) is 0.780. The van der Waals surface area contributed by atoms with Crippen molar-refractivity contribution in [3.05, 3.63) is 24.3 Å². The van der Waals surface area contributed by atoms with Crippen LogP contribution in [0.25, 0.3) is 0 Å². The Hall–Kier alpha value is -1.59. The van der Waals surface area contributed by atoms with E-state index in [1.54, 1.807) is 31.2 Å². The molecule has 0 spiro atoms. The lowest BCUT2D eigenvalue weighted by Crippen LogP contribution is -2.24. The lowest BCUT2D eigenvalue weighted by molar-refractivity contribution is -0.119. The van der Waals surface area contributed by atoms with Gasteiger partial charge >= 0.3 is 0 Å². The zero-order valence-corrected chi connectivity index (χ0v) is 12.8. The van der Waals surface area contributed by atoms with Crippen LogP contribution in [0, 0.1) is 5.92 Å². The van der Waals surface area contributed by atoms with Crippen LogP contribution in [0.2, 0.25) is 0 Å². The minimum Gasteiger partial charge on any atom is -0.327 e. The highest BCUT2D eigenvalue weighted by molar-refractivity contribution is 5.93. The number of amides is 2. The SMILES string of the molecule is CC(N)CC(=O)Nc1ccc(NC(=O)C(C)C)cc1.Cl. The fourth-order valence-electron chi connectivity index (χ4n) is 1.43. The normalized spacial score (nSPS) is 11.4. The summed E-state index contributed by atoms with van der Waals surface area (Å²) in [5.41, 5.74) is 6.95. The summed E-state index contributed by atoms with van der Waals surface area (Å²) >= 11 is 0. The number of carbonyl (C=O) groups is 2. The molecule has 0 aromatic heterocycles. The summed E-state index contributed by atoms with van der Waals surface area (Å²) in [5.74, 6) is -0.215. The van der Waals surface area contributed by atoms with E-state index in [0.717, 1.165) is 0 Å². The molecule has 2 amide bonds. The van der Waals surface area contributed by atoms with Crippen LogP contribution >= 0.6 is 12.4 Å². The number of hydrogen-bond acceptors (Lipinski definition) is 3. The molecule has 0 radical (unpaired) electrons. The lowest BCUT2D eigenvalue weighted by Gasteiger charge is -2.10. The molecule has 0 fully saturated rings. The van der Waals surface area contributed by atoms with Crippen molar-refractivity contribution in [1.29, 1.82) is 0 Å². The van der Waals surface area contributed by atoms with E-state index in [0.29, 0.717) is 11.4 Å².